The van der Waals surface area contributed by atoms with E-state index in [-0.39, 0.29) is 11.9 Å². The molecule has 0 saturated carbocycles. The summed E-state index contributed by atoms with van der Waals surface area (Å²) in [6.07, 6.45) is 5.86. The number of thiophene rings is 1. The van der Waals surface area contributed by atoms with Crippen molar-refractivity contribution in [2.75, 3.05) is 6.54 Å². The van der Waals surface area contributed by atoms with Gasteiger partial charge in [0.05, 0.1) is 17.1 Å². The second kappa shape index (κ2) is 5.90. The highest BCUT2D eigenvalue weighted by molar-refractivity contribution is 7.20. The van der Waals surface area contributed by atoms with Gasteiger partial charge >= 0.3 is 0 Å². The van der Waals surface area contributed by atoms with Crippen LogP contribution in [0.25, 0.3) is 9.88 Å². The minimum Gasteiger partial charge on any atom is -0.330 e. The Bertz CT molecular complexity index is 821. The van der Waals surface area contributed by atoms with Crippen molar-refractivity contribution < 1.29 is 4.79 Å². The largest absolute Gasteiger partial charge is 0.330 e. The molecule has 0 radical (unpaired) electrons. The first-order chi connectivity index (χ1) is 11.2. The molecule has 23 heavy (non-hydrogen) atoms. The van der Waals surface area contributed by atoms with Gasteiger partial charge in [-0.25, -0.2) is 4.98 Å². The molecule has 0 aromatic carbocycles. The highest BCUT2D eigenvalue weighted by Crippen LogP contribution is 2.34. The predicted octanol–water partition coefficient (Wildman–Crippen LogP) is 3.58. The Labute approximate surface area is 142 Å². The number of nitrogens with zero attached hydrogens (tertiary/aromatic N) is 4. The molecule has 1 amide bonds. The van der Waals surface area contributed by atoms with Crippen LogP contribution in [0, 0.1) is 0 Å². The molecule has 4 heterocycles. The van der Waals surface area contributed by atoms with Crippen molar-refractivity contribution in [1.82, 2.24) is 19.7 Å². The third-order valence-electron chi connectivity index (χ3n) is 4.08. The lowest BCUT2D eigenvalue weighted by Crippen LogP contribution is -2.30. The number of carbonyl (C=O) groups is 1. The van der Waals surface area contributed by atoms with Gasteiger partial charge in [-0.15, -0.1) is 22.7 Å². The molecule has 1 fully saturated rings. The molecule has 0 spiro atoms. The summed E-state index contributed by atoms with van der Waals surface area (Å²) in [5.41, 5.74) is 1.65. The summed E-state index contributed by atoms with van der Waals surface area (Å²) in [5.74, 6) is 0.0235. The van der Waals surface area contributed by atoms with Crippen LogP contribution < -0.4 is 0 Å². The van der Waals surface area contributed by atoms with Crippen LogP contribution in [0.2, 0.25) is 0 Å². The summed E-state index contributed by atoms with van der Waals surface area (Å²) >= 11 is 3.18. The molecular weight excluding hydrogens is 328 g/mol. The molecule has 3 aromatic heterocycles. The van der Waals surface area contributed by atoms with Crippen molar-refractivity contribution in [3.63, 3.8) is 0 Å². The van der Waals surface area contributed by atoms with E-state index in [4.69, 9.17) is 0 Å². The maximum Gasteiger partial charge on any atom is 0.273 e. The van der Waals surface area contributed by atoms with Crippen LogP contribution in [0.15, 0.2) is 35.3 Å². The lowest BCUT2D eigenvalue weighted by atomic mass is 10.1. The van der Waals surface area contributed by atoms with E-state index >= 15 is 0 Å². The van der Waals surface area contributed by atoms with Gasteiger partial charge in [-0.2, -0.15) is 5.10 Å². The van der Waals surface area contributed by atoms with Crippen LogP contribution in [-0.2, 0) is 7.05 Å². The number of likely N-dealkylation sites (tertiary alicyclic amines) is 1. The zero-order valence-electron chi connectivity index (χ0n) is 12.7. The van der Waals surface area contributed by atoms with E-state index in [0.29, 0.717) is 5.69 Å². The van der Waals surface area contributed by atoms with Crippen molar-refractivity contribution >= 4 is 28.6 Å². The van der Waals surface area contributed by atoms with Gasteiger partial charge < -0.3 is 4.90 Å². The second-order valence-electron chi connectivity index (χ2n) is 5.62. The monoisotopic (exact) mass is 344 g/mol. The Hall–Kier alpha value is -1.99. The van der Waals surface area contributed by atoms with Crippen LogP contribution >= 0.6 is 22.7 Å². The number of rotatable bonds is 3. The normalized spacial score (nSPS) is 17.8. The smallest absolute Gasteiger partial charge is 0.273 e. The van der Waals surface area contributed by atoms with Gasteiger partial charge in [-0.1, -0.05) is 6.07 Å². The molecule has 1 aliphatic heterocycles. The van der Waals surface area contributed by atoms with Crippen LogP contribution in [0.1, 0.15) is 34.9 Å². The van der Waals surface area contributed by atoms with Gasteiger partial charge in [-0.05, 0) is 24.3 Å². The number of thiazole rings is 1. The van der Waals surface area contributed by atoms with E-state index in [1.165, 1.54) is 11.3 Å². The molecule has 1 unspecified atom stereocenters. The van der Waals surface area contributed by atoms with Crippen LogP contribution in [-0.4, -0.2) is 32.1 Å². The molecule has 118 valence electrons. The van der Waals surface area contributed by atoms with Crippen molar-refractivity contribution in [3.8, 4) is 9.88 Å². The number of hydrogen-bond acceptors (Lipinski definition) is 5. The van der Waals surface area contributed by atoms with Crippen molar-refractivity contribution in [3.05, 3.63) is 46.5 Å². The van der Waals surface area contributed by atoms with E-state index in [2.05, 4.69) is 10.1 Å². The fourth-order valence-corrected chi connectivity index (χ4v) is 4.61. The van der Waals surface area contributed by atoms with Crippen LogP contribution in [0.3, 0.4) is 0 Å². The summed E-state index contributed by atoms with van der Waals surface area (Å²) in [7, 11) is 1.90. The maximum absolute atomic E-state index is 12.9. The molecule has 1 aliphatic rings. The lowest BCUT2D eigenvalue weighted by molar-refractivity contribution is 0.0730. The average Bonchev–Trinajstić information content (AvgIpc) is 3.31. The maximum atomic E-state index is 12.9. The lowest BCUT2D eigenvalue weighted by Gasteiger charge is -2.22. The molecule has 0 bridgehead atoms. The third-order valence-corrected chi connectivity index (χ3v) is 5.96. The number of carbonyl (C=O) groups excluding carboxylic acids is 1. The minimum atomic E-state index is 0.0235. The van der Waals surface area contributed by atoms with Gasteiger partial charge in [0.15, 0.2) is 0 Å². The van der Waals surface area contributed by atoms with Crippen molar-refractivity contribution in [2.45, 2.75) is 18.9 Å². The number of aryl methyl sites for hydroxylation is 1. The van der Waals surface area contributed by atoms with Crippen LogP contribution in [0.4, 0.5) is 0 Å². The molecule has 0 aliphatic carbocycles. The van der Waals surface area contributed by atoms with Gasteiger partial charge in [0.25, 0.3) is 5.91 Å². The Kier molecular flexibility index (Phi) is 3.74. The second-order valence-corrected chi connectivity index (χ2v) is 7.42. The third kappa shape index (κ3) is 2.70. The average molecular weight is 344 g/mol. The van der Waals surface area contributed by atoms with Crippen molar-refractivity contribution in [2.24, 2.45) is 7.05 Å². The number of hydrogen-bond donors (Lipinski definition) is 0. The standard InChI is InChI=1S/C16H16N4OS2/c1-19-9-11(8-17-19)13-4-2-6-20(13)16(21)12-10-23-15(18-12)14-5-3-7-22-14/h3,5,7-10,13H,2,4,6H2,1H3. The first-order valence-electron chi connectivity index (χ1n) is 7.51. The highest BCUT2D eigenvalue weighted by Gasteiger charge is 2.32. The van der Waals surface area contributed by atoms with E-state index < -0.39 is 0 Å². The van der Waals surface area contributed by atoms with Gasteiger partial charge in [0.2, 0.25) is 0 Å². The van der Waals surface area contributed by atoms with Crippen molar-refractivity contribution in [1.29, 1.82) is 0 Å². The fourth-order valence-electron chi connectivity index (χ4n) is 3.00. The Morgan fingerprint density at radius 2 is 2.30 bits per heavy atom. The van der Waals surface area contributed by atoms with Crippen LogP contribution in [0.5, 0.6) is 0 Å². The molecule has 0 N–H and O–H groups in total. The molecule has 1 saturated heterocycles. The summed E-state index contributed by atoms with van der Waals surface area (Å²) in [4.78, 5) is 20.5. The van der Waals surface area contributed by atoms with E-state index in [9.17, 15) is 4.79 Å². The van der Waals surface area contributed by atoms with E-state index in [0.717, 1.165) is 34.8 Å². The molecule has 3 aromatic rings. The Morgan fingerprint density at radius 3 is 3.04 bits per heavy atom. The summed E-state index contributed by atoms with van der Waals surface area (Å²) < 4.78 is 1.79. The molecule has 5 nitrogen and oxygen atoms in total. The summed E-state index contributed by atoms with van der Waals surface area (Å²) in [5, 5.41) is 9.05. The zero-order chi connectivity index (χ0) is 15.8. The van der Waals surface area contributed by atoms with E-state index in [1.54, 1.807) is 16.0 Å². The van der Waals surface area contributed by atoms with Gasteiger partial charge in [0, 0.05) is 30.7 Å². The topological polar surface area (TPSA) is 51.0 Å². The molecule has 4 rings (SSSR count). The van der Waals surface area contributed by atoms with Gasteiger partial charge in [0.1, 0.15) is 10.7 Å². The minimum absolute atomic E-state index is 0.0235. The first kappa shape index (κ1) is 14.6. The Balaban J connectivity index is 1.58. The fraction of sp³-hybridized carbons (Fsp3) is 0.312. The first-order valence-corrected chi connectivity index (χ1v) is 9.27. The zero-order valence-corrected chi connectivity index (χ0v) is 14.3. The summed E-state index contributed by atoms with van der Waals surface area (Å²) in [6.45, 7) is 0.782. The molecular formula is C16H16N4OS2. The SMILES string of the molecule is Cn1cc(C2CCCN2C(=O)c2csc(-c3cccs3)n2)cn1. The van der Waals surface area contributed by atoms with E-state index in [1.807, 2.05) is 47.2 Å². The Morgan fingerprint density at radius 1 is 1.39 bits per heavy atom. The predicted molar refractivity (Wildman–Crippen MR) is 91.6 cm³/mol. The molecule has 7 heteroatoms. The quantitative estimate of drug-likeness (QED) is 0.730. The molecule has 1 atom stereocenters. The van der Waals surface area contributed by atoms with Gasteiger partial charge in [-0.3, -0.25) is 9.48 Å². The number of aromatic nitrogens is 3. The summed E-state index contributed by atoms with van der Waals surface area (Å²) in [6, 6.07) is 4.15. The highest BCUT2D eigenvalue weighted by atomic mass is 32.1. The number of amides is 1.